The summed E-state index contributed by atoms with van der Waals surface area (Å²) in [7, 11) is 1.90. The first-order chi connectivity index (χ1) is 10.6. The van der Waals surface area contributed by atoms with E-state index in [0.29, 0.717) is 12.5 Å². The molecule has 0 radical (unpaired) electrons. The minimum Gasteiger partial charge on any atom is -0.477 e. The van der Waals surface area contributed by atoms with E-state index in [-0.39, 0.29) is 36.4 Å². The number of hydrogen-bond donors (Lipinski definition) is 1. The Kier molecular flexibility index (Phi) is 7.77. The molecule has 1 aromatic carbocycles. The Labute approximate surface area is 141 Å². The van der Waals surface area contributed by atoms with Crippen molar-refractivity contribution in [2.75, 3.05) is 33.3 Å². The largest absolute Gasteiger partial charge is 0.477 e. The molecule has 23 heavy (non-hydrogen) atoms. The van der Waals surface area contributed by atoms with Crippen LogP contribution in [0.2, 0.25) is 0 Å². The number of nitrogens with one attached hydrogen (secondary N) is 1. The topological polar surface area (TPSA) is 84.7 Å². The predicted octanol–water partition coefficient (Wildman–Crippen LogP) is 1.85. The van der Waals surface area contributed by atoms with Gasteiger partial charge in [0.05, 0.1) is 4.92 Å². The number of piperidine rings is 1. The smallest absolute Gasteiger partial charge is 0.310 e. The van der Waals surface area contributed by atoms with Crippen molar-refractivity contribution in [3.63, 3.8) is 0 Å². The van der Waals surface area contributed by atoms with E-state index in [0.717, 1.165) is 25.9 Å². The number of hydrogen-bond acceptors (Lipinski definition) is 5. The number of carbonyl (C=O) groups is 1. The molecular formula is C15H22ClN3O4. The molecule has 1 atom stereocenters. The molecule has 1 fully saturated rings. The SMILES string of the molecule is CNCC1CCCN(C(=O)COc2ccccc2[N+](=O)[O-])C1.Cl. The Morgan fingerprint density at radius 1 is 1.48 bits per heavy atom. The highest BCUT2D eigenvalue weighted by Gasteiger charge is 2.24. The highest BCUT2D eigenvalue weighted by molar-refractivity contribution is 5.85. The molecule has 1 heterocycles. The van der Waals surface area contributed by atoms with Crippen LogP contribution in [-0.2, 0) is 4.79 Å². The maximum Gasteiger partial charge on any atom is 0.310 e. The molecular weight excluding hydrogens is 322 g/mol. The average molecular weight is 344 g/mol. The number of ether oxygens (including phenoxy) is 1. The summed E-state index contributed by atoms with van der Waals surface area (Å²) < 4.78 is 5.36. The molecule has 1 aliphatic rings. The zero-order chi connectivity index (χ0) is 15.9. The molecule has 0 aliphatic carbocycles. The molecule has 8 heteroatoms. The fourth-order valence-corrected chi connectivity index (χ4v) is 2.71. The van der Waals surface area contributed by atoms with Crippen LogP contribution in [0.5, 0.6) is 5.75 Å². The van der Waals surface area contributed by atoms with Crippen molar-refractivity contribution in [2.24, 2.45) is 5.92 Å². The number of nitro groups is 1. The molecule has 0 aromatic heterocycles. The second-order valence-corrected chi connectivity index (χ2v) is 5.42. The van der Waals surface area contributed by atoms with Gasteiger partial charge in [-0.15, -0.1) is 12.4 Å². The summed E-state index contributed by atoms with van der Waals surface area (Å²) in [4.78, 5) is 24.4. The zero-order valence-electron chi connectivity index (χ0n) is 13.1. The third kappa shape index (κ3) is 5.37. The first-order valence-electron chi connectivity index (χ1n) is 7.40. The predicted molar refractivity (Wildman–Crippen MR) is 89.1 cm³/mol. The fourth-order valence-electron chi connectivity index (χ4n) is 2.71. The molecule has 0 spiro atoms. The monoisotopic (exact) mass is 343 g/mol. The second kappa shape index (κ2) is 9.32. The summed E-state index contributed by atoms with van der Waals surface area (Å²) in [5.74, 6) is 0.456. The molecule has 1 aromatic rings. The van der Waals surface area contributed by atoms with E-state index in [1.807, 2.05) is 7.05 Å². The van der Waals surface area contributed by atoms with Crippen molar-refractivity contribution in [1.29, 1.82) is 0 Å². The lowest BCUT2D eigenvalue weighted by molar-refractivity contribution is -0.385. The van der Waals surface area contributed by atoms with E-state index in [2.05, 4.69) is 5.32 Å². The van der Waals surface area contributed by atoms with Crippen LogP contribution in [0.3, 0.4) is 0 Å². The summed E-state index contributed by atoms with van der Waals surface area (Å²) in [6.07, 6.45) is 2.08. The number of nitro benzene ring substituents is 1. The molecule has 0 saturated carbocycles. The van der Waals surface area contributed by atoms with Gasteiger partial charge in [0, 0.05) is 19.2 Å². The summed E-state index contributed by atoms with van der Waals surface area (Å²) >= 11 is 0. The van der Waals surface area contributed by atoms with E-state index >= 15 is 0 Å². The minimum absolute atomic E-state index is 0. The molecule has 1 aliphatic heterocycles. The van der Waals surface area contributed by atoms with Crippen molar-refractivity contribution < 1.29 is 14.5 Å². The summed E-state index contributed by atoms with van der Waals surface area (Å²) in [6, 6.07) is 6.09. The third-order valence-electron chi connectivity index (χ3n) is 3.78. The van der Waals surface area contributed by atoms with Crippen molar-refractivity contribution >= 4 is 24.0 Å². The Bertz CT molecular complexity index is 539. The highest BCUT2D eigenvalue weighted by atomic mass is 35.5. The minimum atomic E-state index is -0.510. The molecule has 128 valence electrons. The van der Waals surface area contributed by atoms with Gasteiger partial charge in [-0.25, -0.2) is 0 Å². The molecule has 7 nitrogen and oxygen atoms in total. The van der Waals surface area contributed by atoms with E-state index < -0.39 is 4.92 Å². The van der Waals surface area contributed by atoms with Gasteiger partial charge in [-0.2, -0.15) is 0 Å². The Balaban J connectivity index is 0.00000264. The number of benzene rings is 1. The molecule has 2 rings (SSSR count). The van der Waals surface area contributed by atoms with E-state index in [1.165, 1.54) is 12.1 Å². The standard InChI is InChI=1S/C15H21N3O4.ClH/c1-16-9-12-5-4-8-17(10-12)15(19)11-22-14-7-3-2-6-13(14)18(20)21;/h2-3,6-7,12,16H,4-5,8-11H2,1H3;1H. The average Bonchev–Trinajstić information content (AvgIpc) is 2.53. The lowest BCUT2D eigenvalue weighted by atomic mass is 9.98. The van der Waals surface area contributed by atoms with Crippen LogP contribution in [0.4, 0.5) is 5.69 Å². The van der Waals surface area contributed by atoms with Gasteiger partial charge >= 0.3 is 5.69 Å². The Morgan fingerprint density at radius 3 is 2.91 bits per heavy atom. The fraction of sp³-hybridized carbons (Fsp3) is 0.533. The number of carbonyl (C=O) groups excluding carboxylic acids is 1. The van der Waals surface area contributed by atoms with Gasteiger partial charge in [0.2, 0.25) is 0 Å². The number of nitrogens with zero attached hydrogens (tertiary/aromatic N) is 2. The lowest BCUT2D eigenvalue weighted by Gasteiger charge is -2.32. The van der Waals surface area contributed by atoms with E-state index in [1.54, 1.807) is 17.0 Å². The van der Waals surface area contributed by atoms with Gasteiger partial charge in [-0.3, -0.25) is 14.9 Å². The summed E-state index contributed by atoms with van der Waals surface area (Å²) in [5, 5.41) is 14.0. The van der Waals surface area contributed by atoms with Crippen LogP contribution in [0.1, 0.15) is 12.8 Å². The number of halogens is 1. The second-order valence-electron chi connectivity index (χ2n) is 5.42. The third-order valence-corrected chi connectivity index (χ3v) is 3.78. The van der Waals surface area contributed by atoms with Gasteiger partial charge in [-0.05, 0) is 38.4 Å². The summed E-state index contributed by atoms with van der Waals surface area (Å²) in [6.45, 7) is 2.14. The normalized spacial score (nSPS) is 17.3. The van der Waals surface area contributed by atoms with Crippen LogP contribution < -0.4 is 10.1 Å². The maximum absolute atomic E-state index is 12.2. The maximum atomic E-state index is 12.2. The zero-order valence-corrected chi connectivity index (χ0v) is 13.9. The van der Waals surface area contributed by atoms with E-state index in [4.69, 9.17) is 4.74 Å². The number of para-hydroxylation sites is 2. The van der Waals surface area contributed by atoms with E-state index in [9.17, 15) is 14.9 Å². The molecule has 1 unspecified atom stereocenters. The first kappa shape index (κ1) is 19.2. The first-order valence-corrected chi connectivity index (χ1v) is 7.40. The number of rotatable bonds is 6. The molecule has 1 saturated heterocycles. The van der Waals surface area contributed by atoms with Gasteiger partial charge in [-0.1, -0.05) is 12.1 Å². The van der Waals surface area contributed by atoms with Gasteiger partial charge in [0.25, 0.3) is 5.91 Å². The van der Waals surface area contributed by atoms with Gasteiger partial charge < -0.3 is 15.0 Å². The number of amides is 1. The lowest BCUT2D eigenvalue weighted by Crippen LogP contribution is -2.44. The Morgan fingerprint density at radius 2 is 2.22 bits per heavy atom. The summed E-state index contributed by atoms with van der Waals surface area (Å²) in [5.41, 5.74) is -0.123. The molecule has 1 N–H and O–H groups in total. The van der Waals surface area contributed by atoms with Crippen LogP contribution in [0, 0.1) is 16.0 Å². The van der Waals surface area contributed by atoms with Crippen molar-refractivity contribution in [3.8, 4) is 5.75 Å². The van der Waals surface area contributed by atoms with Crippen LogP contribution in [0.15, 0.2) is 24.3 Å². The van der Waals surface area contributed by atoms with Crippen molar-refractivity contribution in [3.05, 3.63) is 34.4 Å². The van der Waals surface area contributed by atoms with Crippen LogP contribution >= 0.6 is 12.4 Å². The van der Waals surface area contributed by atoms with Gasteiger partial charge in [0.1, 0.15) is 0 Å². The van der Waals surface area contributed by atoms with Gasteiger partial charge in [0.15, 0.2) is 12.4 Å². The Hall–Kier alpha value is -1.86. The van der Waals surface area contributed by atoms with Crippen LogP contribution in [0.25, 0.3) is 0 Å². The van der Waals surface area contributed by atoms with Crippen LogP contribution in [-0.4, -0.2) is 49.0 Å². The molecule has 0 bridgehead atoms. The highest BCUT2D eigenvalue weighted by Crippen LogP contribution is 2.26. The molecule has 1 amide bonds. The quantitative estimate of drug-likeness (QED) is 0.629. The van der Waals surface area contributed by atoms with Crippen molar-refractivity contribution in [1.82, 2.24) is 10.2 Å². The number of likely N-dealkylation sites (tertiary alicyclic amines) is 1. The van der Waals surface area contributed by atoms with Crippen molar-refractivity contribution in [2.45, 2.75) is 12.8 Å².